The normalized spacial score (nSPS) is 19.3. The van der Waals surface area contributed by atoms with Crippen molar-refractivity contribution in [3.63, 3.8) is 0 Å². The Morgan fingerprint density at radius 3 is 2.46 bits per heavy atom. The van der Waals surface area contributed by atoms with E-state index in [1.54, 1.807) is 36.3 Å². The van der Waals surface area contributed by atoms with Gasteiger partial charge in [-0.1, -0.05) is 29.3 Å². The van der Waals surface area contributed by atoms with Crippen LogP contribution in [0.2, 0.25) is 5.02 Å². The summed E-state index contributed by atoms with van der Waals surface area (Å²) in [5, 5.41) is 3.96. The lowest BCUT2D eigenvalue weighted by molar-refractivity contribution is -0.134. The first-order valence-corrected chi connectivity index (χ1v) is 8.99. The van der Waals surface area contributed by atoms with E-state index in [4.69, 9.17) is 21.1 Å². The number of benzene rings is 2. The van der Waals surface area contributed by atoms with E-state index in [9.17, 15) is 4.79 Å². The molecule has 2 aromatic carbocycles. The summed E-state index contributed by atoms with van der Waals surface area (Å²) in [6.07, 6.45) is -0.521. The molecule has 1 N–H and O–H groups in total. The topological polar surface area (TPSA) is 50.8 Å². The van der Waals surface area contributed by atoms with Gasteiger partial charge < -0.3 is 19.7 Å². The lowest BCUT2D eigenvalue weighted by Gasteiger charge is -2.46. The number of nitrogens with zero attached hydrogens (tertiary/aromatic N) is 1. The first-order valence-electron chi connectivity index (χ1n) is 8.62. The predicted molar refractivity (Wildman–Crippen MR) is 103 cm³/mol. The number of ether oxygens (including phenoxy) is 2. The number of carbonyl (C=O) groups is 1. The van der Waals surface area contributed by atoms with Crippen LogP contribution in [0.25, 0.3) is 0 Å². The first-order chi connectivity index (χ1) is 12.6. The van der Waals surface area contributed by atoms with Crippen LogP contribution in [0.4, 0.5) is 5.69 Å². The van der Waals surface area contributed by atoms with E-state index in [1.807, 2.05) is 31.2 Å². The maximum Gasteiger partial charge on any atom is 0.270 e. The minimum absolute atomic E-state index is 0.0395. The van der Waals surface area contributed by atoms with Gasteiger partial charge >= 0.3 is 0 Å². The molecule has 2 aromatic rings. The highest BCUT2D eigenvalue weighted by molar-refractivity contribution is 6.30. The van der Waals surface area contributed by atoms with E-state index >= 15 is 0 Å². The van der Waals surface area contributed by atoms with Crippen LogP contribution in [-0.4, -0.2) is 44.9 Å². The molecular formula is C20H23ClN2O3. The Morgan fingerprint density at radius 2 is 1.81 bits per heavy atom. The molecule has 138 valence electrons. The summed E-state index contributed by atoms with van der Waals surface area (Å²) in [5.41, 5.74) is 2.04. The third kappa shape index (κ3) is 4.18. The standard InChI is InChI=1S/C20H23ClN2O3/c1-14-3-7-16(8-4-14)23-18(13-22-11-12-25-2)19(20(23)24)26-17-9-5-15(21)6-10-17/h3-10,18-19,22H,11-13H2,1-2H3. The Kier molecular flexibility index (Phi) is 6.14. The van der Waals surface area contributed by atoms with Gasteiger partial charge in [0.1, 0.15) is 5.75 Å². The minimum Gasteiger partial charge on any atom is -0.478 e. The van der Waals surface area contributed by atoms with Gasteiger partial charge in [-0.15, -0.1) is 0 Å². The molecule has 1 fully saturated rings. The predicted octanol–water partition coefficient (Wildman–Crippen LogP) is 3.05. The maximum atomic E-state index is 12.7. The molecule has 0 saturated carbocycles. The van der Waals surface area contributed by atoms with Crippen molar-refractivity contribution in [2.24, 2.45) is 0 Å². The molecule has 2 atom stereocenters. The number of anilines is 1. The molecule has 0 bridgehead atoms. The zero-order valence-corrected chi connectivity index (χ0v) is 15.7. The van der Waals surface area contributed by atoms with Crippen molar-refractivity contribution in [3.05, 3.63) is 59.1 Å². The number of amides is 1. The highest BCUT2D eigenvalue weighted by Gasteiger charge is 2.49. The molecular weight excluding hydrogens is 352 g/mol. The molecule has 0 aliphatic carbocycles. The number of hydrogen-bond acceptors (Lipinski definition) is 4. The fourth-order valence-electron chi connectivity index (χ4n) is 2.95. The number of halogens is 1. The van der Waals surface area contributed by atoms with Gasteiger partial charge in [0.05, 0.1) is 12.6 Å². The molecule has 1 aliphatic rings. The zero-order chi connectivity index (χ0) is 18.5. The molecule has 0 aromatic heterocycles. The van der Waals surface area contributed by atoms with Crippen molar-refractivity contribution in [1.82, 2.24) is 5.32 Å². The van der Waals surface area contributed by atoms with Gasteiger partial charge in [0.15, 0.2) is 6.10 Å². The van der Waals surface area contributed by atoms with Crippen molar-refractivity contribution >= 4 is 23.2 Å². The molecule has 1 heterocycles. The van der Waals surface area contributed by atoms with Crippen LogP contribution in [0, 0.1) is 6.92 Å². The van der Waals surface area contributed by atoms with Gasteiger partial charge in [-0.3, -0.25) is 4.79 Å². The van der Waals surface area contributed by atoms with Crippen molar-refractivity contribution in [2.45, 2.75) is 19.1 Å². The van der Waals surface area contributed by atoms with Crippen LogP contribution < -0.4 is 15.0 Å². The summed E-state index contributed by atoms with van der Waals surface area (Å²) < 4.78 is 11.0. The molecule has 26 heavy (non-hydrogen) atoms. The minimum atomic E-state index is -0.521. The van der Waals surface area contributed by atoms with Crippen molar-refractivity contribution in [2.75, 3.05) is 31.7 Å². The van der Waals surface area contributed by atoms with Crippen LogP contribution in [0.3, 0.4) is 0 Å². The quantitative estimate of drug-likeness (QED) is 0.570. The van der Waals surface area contributed by atoms with Crippen LogP contribution in [0.5, 0.6) is 5.75 Å². The Bertz CT molecular complexity index is 734. The first kappa shape index (κ1) is 18.7. The average molecular weight is 375 g/mol. The molecule has 5 nitrogen and oxygen atoms in total. The van der Waals surface area contributed by atoms with Gasteiger partial charge in [0.2, 0.25) is 0 Å². The number of rotatable bonds is 8. The lowest BCUT2D eigenvalue weighted by atomic mass is 9.96. The smallest absolute Gasteiger partial charge is 0.270 e. The molecule has 0 spiro atoms. The second-order valence-electron chi connectivity index (χ2n) is 6.30. The van der Waals surface area contributed by atoms with E-state index in [0.717, 1.165) is 17.8 Å². The molecule has 6 heteroatoms. The fourth-order valence-corrected chi connectivity index (χ4v) is 3.08. The number of carbonyl (C=O) groups excluding carboxylic acids is 1. The highest BCUT2D eigenvalue weighted by Crippen LogP contribution is 2.31. The summed E-state index contributed by atoms with van der Waals surface area (Å²) in [4.78, 5) is 14.5. The Morgan fingerprint density at radius 1 is 1.12 bits per heavy atom. The van der Waals surface area contributed by atoms with Crippen LogP contribution in [0.15, 0.2) is 48.5 Å². The molecule has 1 aliphatic heterocycles. The molecule has 2 unspecified atom stereocenters. The lowest BCUT2D eigenvalue weighted by Crippen LogP contribution is -2.70. The molecule has 0 radical (unpaired) electrons. The summed E-state index contributed by atoms with van der Waals surface area (Å²) in [7, 11) is 1.67. The average Bonchev–Trinajstić information content (AvgIpc) is 2.65. The Hall–Kier alpha value is -2.08. The largest absolute Gasteiger partial charge is 0.478 e. The maximum absolute atomic E-state index is 12.7. The van der Waals surface area contributed by atoms with Gasteiger partial charge in [-0.2, -0.15) is 0 Å². The molecule has 3 rings (SSSR count). The Labute approximate surface area is 158 Å². The van der Waals surface area contributed by atoms with Gasteiger partial charge in [-0.05, 0) is 43.3 Å². The second kappa shape index (κ2) is 8.54. The van der Waals surface area contributed by atoms with Crippen molar-refractivity contribution in [1.29, 1.82) is 0 Å². The third-order valence-corrected chi connectivity index (χ3v) is 4.64. The fraction of sp³-hybridized carbons (Fsp3) is 0.350. The summed E-state index contributed by atoms with van der Waals surface area (Å²) in [6.45, 7) is 3.99. The number of β-lactam (4-membered cyclic amide) rings is 1. The van der Waals surface area contributed by atoms with Gasteiger partial charge in [0.25, 0.3) is 5.91 Å². The van der Waals surface area contributed by atoms with Crippen LogP contribution in [0.1, 0.15) is 5.56 Å². The number of hydrogen-bond donors (Lipinski definition) is 1. The number of methoxy groups -OCH3 is 1. The Balaban J connectivity index is 1.73. The van der Waals surface area contributed by atoms with Crippen molar-refractivity contribution in [3.8, 4) is 5.75 Å². The van der Waals surface area contributed by atoms with Gasteiger partial charge in [0, 0.05) is 30.9 Å². The third-order valence-electron chi connectivity index (χ3n) is 4.39. The number of nitrogens with one attached hydrogen (secondary N) is 1. The van der Waals surface area contributed by atoms with E-state index in [2.05, 4.69) is 5.32 Å². The SMILES string of the molecule is COCCNCC1C(Oc2ccc(Cl)cc2)C(=O)N1c1ccc(C)cc1. The van der Waals surface area contributed by atoms with Crippen molar-refractivity contribution < 1.29 is 14.3 Å². The van der Waals surface area contributed by atoms with E-state index in [-0.39, 0.29) is 11.9 Å². The van der Waals surface area contributed by atoms with Crippen LogP contribution >= 0.6 is 11.6 Å². The zero-order valence-electron chi connectivity index (χ0n) is 14.9. The van der Waals surface area contributed by atoms with Gasteiger partial charge in [-0.25, -0.2) is 0 Å². The van der Waals surface area contributed by atoms with E-state index in [0.29, 0.717) is 23.9 Å². The second-order valence-corrected chi connectivity index (χ2v) is 6.74. The monoisotopic (exact) mass is 374 g/mol. The summed E-state index contributed by atoms with van der Waals surface area (Å²) in [6, 6.07) is 14.9. The summed E-state index contributed by atoms with van der Waals surface area (Å²) >= 11 is 5.92. The summed E-state index contributed by atoms with van der Waals surface area (Å²) in [5.74, 6) is 0.598. The van der Waals surface area contributed by atoms with E-state index < -0.39 is 6.10 Å². The highest BCUT2D eigenvalue weighted by atomic mass is 35.5. The molecule has 1 saturated heterocycles. The number of aryl methyl sites for hydroxylation is 1. The molecule has 1 amide bonds. The van der Waals surface area contributed by atoms with E-state index in [1.165, 1.54) is 0 Å². The van der Waals surface area contributed by atoms with Crippen LogP contribution in [-0.2, 0) is 9.53 Å².